The average Bonchev–Trinajstić information content (AvgIpc) is 2.48. The zero-order chi connectivity index (χ0) is 14.5. The van der Waals surface area contributed by atoms with Crippen molar-refractivity contribution in [3.05, 3.63) is 29.8 Å². The fraction of sp³-hybridized carbons (Fsp3) is 0.647. The number of aliphatic hydroxyl groups is 1. The number of nitrogens with two attached hydrogens (primary N) is 1. The summed E-state index contributed by atoms with van der Waals surface area (Å²) in [6, 6.07) is 8.17. The zero-order valence-electron chi connectivity index (χ0n) is 12.8. The molecule has 1 aliphatic rings. The molecule has 1 aliphatic carbocycles. The number of aliphatic hydroxyl groups excluding tert-OH is 1. The highest BCUT2D eigenvalue weighted by atomic mass is 16.3. The zero-order valence-corrected chi connectivity index (χ0v) is 12.8. The van der Waals surface area contributed by atoms with Crippen LogP contribution in [0, 0.1) is 5.92 Å². The molecule has 0 spiro atoms. The Labute approximate surface area is 122 Å². The van der Waals surface area contributed by atoms with E-state index in [-0.39, 0.29) is 0 Å². The van der Waals surface area contributed by atoms with Gasteiger partial charge in [-0.1, -0.05) is 25.5 Å². The number of hydrogen-bond acceptors (Lipinski definition) is 3. The highest BCUT2D eigenvalue weighted by Crippen LogP contribution is 2.29. The van der Waals surface area contributed by atoms with E-state index in [1.165, 1.54) is 32.1 Å². The van der Waals surface area contributed by atoms with Gasteiger partial charge in [-0.05, 0) is 56.3 Å². The number of nitrogens with zero attached hydrogens (tertiary/aromatic N) is 1. The third kappa shape index (κ3) is 3.97. The minimum absolute atomic E-state index is 0.426. The van der Waals surface area contributed by atoms with Crippen molar-refractivity contribution >= 4 is 5.69 Å². The van der Waals surface area contributed by atoms with Crippen LogP contribution in [0.1, 0.15) is 50.7 Å². The molecule has 3 heteroatoms. The summed E-state index contributed by atoms with van der Waals surface area (Å²) in [7, 11) is 2.14. The highest BCUT2D eigenvalue weighted by molar-refractivity contribution is 5.39. The van der Waals surface area contributed by atoms with Gasteiger partial charge in [-0.25, -0.2) is 0 Å². The lowest BCUT2D eigenvalue weighted by atomic mass is 9.84. The van der Waals surface area contributed by atoms with E-state index in [1.807, 2.05) is 24.3 Å². The molecule has 20 heavy (non-hydrogen) atoms. The van der Waals surface area contributed by atoms with Crippen molar-refractivity contribution in [2.45, 2.75) is 51.2 Å². The van der Waals surface area contributed by atoms with Crippen LogP contribution in [0.2, 0.25) is 0 Å². The van der Waals surface area contributed by atoms with Gasteiger partial charge in [0.1, 0.15) is 0 Å². The van der Waals surface area contributed by atoms with Gasteiger partial charge in [0.15, 0.2) is 0 Å². The number of hydrogen-bond donors (Lipinski definition) is 2. The maximum atomic E-state index is 10.3. The van der Waals surface area contributed by atoms with Crippen LogP contribution < -0.4 is 5.73 Å². The predicted octanol–water partition coefficient (Wildman–Crippen LogP) is 3.20. The van der Waals surface area contributed by atoms with E-state index >= 15 is 0 Å². The lowest BCUT2D eigenvalue weighted by molar-refractivity contribution is 0.0840. The van der Waals surface area contributed by atoms with E-state index in [2.05, 4.69) is 18.9 Å². The van der Waals surface area contributed by atoms with Crippen LogP contribution in [0.3, 0.4) is 0 Å². The molecule has 0 aromatic heterocycles. The Morgan fingerprint density at radius 3 is 2.35 bits per heavy atom. The molecule has 2 rings (SSSR count). The molecule has 0 amide bonds. The van der Waals surface area contributed by atoms with Crippen molar-refractivity contribution in [1.82, 2.24) is 4.90 Å². The Kier molecular flexibility index (Phi) is 5.44. The SMILES string of the molecule is CCC1CCC(N(C)CC(O)c2ccc(N)cc2)CC1. The first kappa shape index (κ1) is 15.3. The van der Waals surface area contributed by atoms with Crippen LogP contribution >= 0.6 is 0 Å². The molecule has 0 heterocycles. The maximum Gasteiger partial charge on any atom is 0.0916 e. The molecule has 1 unspecified atom stereocenters. The molecular weight excluding hydrogens is 248 g/mol. The Bertz CT molecular complexity index is 396. The van der Waals surface area contributed by atoms with E-state index in [4.69, 9.17) is 5.73 Å². The first-order valence-corrected chi connectivity index (χ1v) is 7.84. The maximum absolute atomic E-state index is 10.3. The molecule has 3 N–H and O–H groups in total. The summed E-state index contributed by atoms with van der Waals surface area (Å²) < 4.78 is 0. The molecule has 0 aliphatic heterocycles. The van der Waals surface area contributed by atoms with Crippen LogP contribution in [0.15, 0.2) is 24.3 Å². The van der Waals surface area contributed by atoms with Crippen LogP contribution in [-0.2, 0) is 0 Å². The van der Waals surface area contributed by atoms with Crippen molar-refractivity contribution in [2.24, 2.45) is 5.92 Å². The topological polar surface area (TPSA) is 49.5 Å². The second-order valence-electron chi connectivity index (χ2n) is 6.20. The van der Waals surface area contributed by atoms with Gasteiger partial charge in [-0.2, -0.15) is 0 Å². The van der Waals surface area contributed by atoms with Gasteiger partial charge in [0.05, 0.1) is 6.10 Å². The minimum Gasteiger partial charge on any atom is -0.399 e. The quantitative estimate of drug-likeness (QED) is 0.812. The minimum atomic E-state index is -0.426. The van der Waals surface area contributed by atoms with Crippen molar-refractivity contribution in [1.29, 1.82) is 0 Å². The molecule has 0 radical (unpaired) electrons. The second kappa shape index (κ2) is 7.09. The summed E-state index contributed by atoms with van der Waals surface area (Å²) in [4.78, 5) is 2.33. The van der Waals surface area contributed by atoms with Gasteiger partial charge in [0.2, 0.25) is 0 Å². The van der Waals surface area contributed by atoms with Gasteiger partial charge in [0, 0.05) is 18.3 Å². The number of rotatable bonds is 5. The average molecular weight is 276 g/mol. The summed E-state index contributed by atoms with van der Waals surface area (Å²) in [5, 5.41) is 10.3. The molecule has 1 aromatic rings. The van der Waals surface area contributed by atoms with Gasteiger partial charge >= 0.3 is 0 Å². The van der Waals surface area contributed by atoms with Crippen LogP contribution in [-0.4, -0.2) is 29.6 Å². The fourth-order valence-electron chi connectivity index (χ4n) is 3.24. The molecule has 1 atom stereocenters. The lowest BCUT2D eigenvalue weighted by Gasteiger charge is -2.35. The Morgan fingerprint density at radius 1 is 1.20 bits per heavy atom. The van der Waals surface area contributed by atoms with Gasteiger partial charge in [0.25, 0.3) is 0 Å². The largest absolute Gasteiger partial charge is 0.399 e. The smallest absolute Gasteiger partial charge is 0.0916 e. The van der Waals surface area contributed by atoms with Crippen molar-refractivity contribution in [3.63, 3.8) is 0 Å². The van der Waals surface area contributed by atoms with E-state index in [1.54, 1.807) is 0 Å². The summed E-state index contributed by atoms with van der Waals surface area (Å²) in [6.07, 6.45) is 6.09. The Balaban J connectivity index is 1.84. The summed E-state index contributed by atoms with van der Waals surface area (Å²) >= 11 is 0. The van der Waals surface area contributed by atoms with Crippen LogP contribution in [0.4, 0.5) is 5.69 Å². The third-order valence-electron chi connectivity index (χ3n) is 4.80. The highest BCUT2D eigenvalue weighted by Gasteiger charge is 2.24. The molecule has 1 saturated carbocycles. The summed E-state index contributed by atoms with van der Waals surface area (Å²) in [6.45, 7) is 2.99. The monoisotopic (exact) mass is 276 g/mol. The Hall–Kier alpha value is -1.06. The third-order valence-corrected chi connectivity index (χ3v) is 4.80. The number of likely N-dealkylation sites (N-methyl/N-ethyl adjacent to an activating group) is 1. The van der Waals surface area contributed by atoms with Crippen LogP contribution in [0.5, 0.6) is 0 Å². The first-order valence-electron chi connectivity index (χ1n) is 7.84. The van der Waals surface area contributed by atoms with Gasteiger partial charge in [-0.3, -0.25) is 0 Å². The number of anilines is 1. The van der Waals surface area contributed by atoms with Crippen molar-refractivity contribution in [2.75, 3.05) is 19.3 Å². The Morgan fingerprint density at radius 2 is 1.80 bits per heavy atom. The predicted molar refractivity (Wildman–Crippen MR) is 84.5 cm³/mol. The first-order chi connectivity index (χ1) is 9.60. The molecule has 1 aromatic carbocycles. The van der Waals surface area contributed by atoms with Gasteiger partial charge in [-0.15, -0.1) is 0 Å². The normalized spacial score (nSPS) is 24.8. The van der Waals surface area contributed by atoms with E-state index in [0.717, 1.165) is 17.2 Å². The summed E-state index contributed by atoms with van der Waals surface area (Å²) in [5.41, 5.74) is 7.37. The fourth-order valence-corrected chi connectivity index (χ4v) is 3.24. The number of benzene rings is 1. The molecule has 0 saturated heterocycles. The summed E-state index contributed by atoms with van der Waals surface area (Å²) in [5.74, 6) is 0.918. The van der Waals surface area contributed by atoms with E-state index in [9.17, 15) is 5.11 Å². The molecule has 0 bridgehead atoms. The molecule has 112 valence electrons. The van der Waals surface area contributed by atoms with E-state index in [0.29, 0.717) is 12.6 Å². The van der Waals surface area contributed by atoms with E-state index < -0.39 is 6.10 Å². The van der Waals surface area contributed by atoms with Crippen LogP contribution in [0.25, 0.3) is 0 Å². The van der Waals surface area contributed by atoms with Crippen molar-refractivity contribution in [3.8, 4) is 0 Å². The number of nitrogen functional groups attached to an aromatic ring is 1. The molecule has 3 nitrogen and oxygen atoms in total. The van der Waals surface area contributed by atoms with Crippen molar-refractivity contribution < 1.29 is 5.11 Å². The molecular formula is C17H28N2O. The molecule has 1 fully saturated rings. The standard InChI is InChI=1S/C17H28N2O/c1-3-13-4-10-16(11-5-13)19(2)12-17(20)14-6-8-15(18)9-7-14/h6-9,13,16-17,20H,3-5,10-12,18H2,1-2H3. The lowest BCUT2D eigenvalue weighted by Crippen LogP contribution is -2.37. The van der Waals surface area contributed by atoms with Gasteiger partial charge < -0.3 is 15.7 Å². The second-order valence-corrected chi connectivity index (χ2v) is 6.20.